The molecule has 0 saturated heterocycles. The molecule has 5 heteroatoms. The van der Waals surface area contributed by atoms with Crippen molar-refractivity contribution in [3.63, 3.8) is 0 Å². The number of hydrogen-bond acceptors (Lipinski definition) is 4. The molecule has 1 aromatic heterocycles. The summed E-state index contributed by atoms with van der Waals surface area (Å²) >= 11 is 8.47. The van der Waals surface area contributed by atoms with Crippen molar-refractivity contribution in [1.82, 2.24) is 0 Å². The third kappa shape index (κ3) is 3.33. The molecule has 7 aromatic rings. The van der Waals surface area contributed by atoms with E-state index in [-0.39, 0.29) is 0 Å². The minimum Gasteiger partial charge on any atom is -0.456 e. The molecule has 3 heterocycles. The van der Waals surface area contributed by atoms with Crippen LogP contribution in [0.25, 0.3) is 42.4 Å². The third-order valence-corrected chi connectivity index (χ3v) is 14.3. The zero-order chi connectivity index (χ0) is 27.1. The molecule has 2 aliphatic heterocycles. The second kappa shape index (κ2) is 8.64. The Balaban J connectivity index is 1.14. The second-order valence-electron chi connectivity index (χ2n) is 10.4. The van der Waals surface area contributed by atoms with Crippen LogP contribution in [0.2, 0.25) is 0 Å². The van der Waals surface area contributed by atoms with Gasteiger partial charge in [-0.15, -0.1) is 11.3 Å². The van der Waals surface area contributed by atoms with Crippen molar-refractivity contribution < 1.29 is 9.47 Å². The average Bonchev–Trinajstić information content (AvgIpc) is 3.40. The monoisotopic (exact) mass is 580 g/mol. The van der Waals surface area contributed by atoms with Crippen molar-refractivity contribution in [2.24, 2.45) is 0 Å². The van der Waals surface area contributed by atoms with Gasteiger partial charge >= 0.3 is 0 Å². The van der Waals surface area contributed by atoms with Crippen LogP contribution in [-0.2, 0) is 11.8 Å². The van der Waals surface area contributed by atoms with Crippen LogP contribution < -0.4 is 25.4 Å². The molecule has 2 nitrogen and oxygen atoms in total. The van der Waals surface area contributed by atoms with Crippen LogP contribution in [0.4, 0.5) is 0 Å². The molecule has 0 radical (unpaired) electrons. The Labute approximate surface area is 246 Å². The molecular formula is C36H21O2PS2. The summed E-state index contributed by atoms with van der Waals surface area (Å²) in [6.07, 6.45) is 0. The zero-order valence-corrected chi connectivity index (χ0v) is 24.2. The normalized spacial score (nSPS) is 16.4. The number of fused-ring (bicyclic) bond motifs is 7. The molecule has 0 N–H and O–H groups in total. The Morgan fingerprint density at radius 1 is 0.512 bits per heavy atom. The molecule has 2 aliphatic rings. The van der Waals surface area contributed by atoms with E-state index in [1.165, 1.54) is 31.3 Å². The Morgan fingerprint density at radius 3 is 2.02 bits per heavy atom. The lowest BCUT2D eigenvalue weighted by Gasteiger charge is -2.37. The first-order valence-electron chi connectivity index (χ1n) is 13.5. The lowest BCUT2D eigenvalue weighted by atomic mass is 9.99. The average molecular weight is 581 g/mol. The summed E-state index contributed by atoms with van der Waals surface area (Å²) in [5.41, 5.74) is 4.74. The van der Waals surface area contributed by atoms with E-state index < -0.39 is 6.04 Å². The van der Waals surface area contributed by atoms with E-state index in [1.807, 2.05) is 47.7 Å². The topological polar surface area (TPSA) is 18.5 Å². The molecule has 0 amide bonds. The Hall–Kier alpha value is -4.21. The molecular weight excluding hydrogens is 560 g/mol. The smallest absolute Gasteiger partial charge is 0.140 e. The van der Waals surface area contributed by atoms with Crippen LogP contribution in [0, 0.1) is 0 Å². The van der Waals surface area contributed by atoms with Crippen molar-refractivity contribution in [3.8, 4) is 45.3 Å². The summed E-state index contributed by atoms with van der Waals surface area (Å²) in [5.74, 6) is 3.30. The Morgan fingerprint density at radius 2 is 1.15 bits per heavy atom. The highest BCUT2D eigenvalue weighted by Crippen LogP contribution is 2.58. The zero-order valence-electron chi connectivity index (χ0n) is 21.7. The predicted octanol–water partition coefficient (Wildman–Crippen LogP) is 9.36. The summed E-state index contributed by atoms with van der Waals surface area (Å²) in [4.78, 5) is 0. The molecule has 0 aliphatic carbocycles. The fourth-order valence-electron chi connectivity index (χ4n) is 6.24. The second-order valence-corrected chi connectivity index (χ2v) is 15.7. The van der Waals surface area contributed by atoms with Crippen molar-refractivity contribution in [2.45, 2.75) is 0 Å². The van der Waals surface area contributed by atoms with Gasteiger partial charge in [0.05, 0.1) is 11.3 Å². The number of hydrogen-bond donors (Lipinski definition) is 0. The van der Waals surface area contributed by atoms with Crippen molar-refractivity contribution in [3.05, 3.63) is 127 Å². The van der Waals surface area contributed by atoms with Gasteiger partial charge in [-0.2, -0.15) is 0 Å². The first-order chi connectivity index (χ1) is 20.2. The molecule has 0 saturated carbocycles. The van der Waals surface area contributed by atoms with E-state index in [0.717, 1.165) is 50.0 Å². The summed E-state index contributed by atoms with van der Waals surface area (Å²) in [5, 5.41) is 5.84. The molecule has 0 bridgehead atoms. The molecule has 9 rings (SSSR count). The van der Waals surface area contributed by atoms with Crippen LogP contribution in [0.5, 0.6) is 23.0 Å². The van der Waals surface area contributed by atoms with E-state index in [1.54, 1.807) is 0 Å². The molecule has 0 spiro atoms. The number of para-hydroxylation sites is 1. The van der Waals surface area contributed by atoms with E-state index in [2.05, 4.69) is 91.0 Å². The minimum atomic E-state index is -2.33. The largest absolute Gasteiger partial charge is 0.456 e. The van der Waals surface area contributed by atoms with Gasteiger partial charge in [0.25, 0.3) is 0 Å². The van der Waals surface area contributed by atoms with Gasteiger partial charge in [0.1, 0.15) is 23.0 Å². The van der Waals surface area contributed by atoms with E-state index in [9.17, 15) is 0 Å². The molecule has 1 atom stereocenters. The van der Waals surface area contributed by atoms with Gasteiger partial charge in [-0.1, -0.05) is 96.7 Å². The first-order valence-corrected chi connectivity index (χ1v) is 17.1. The maximum absolute atomic E-state index is 6.60. The Bertz CT molecular complexity index is 2250. The van der Waals surface area contributed by atoms with Gasteiger partial charge in [-0.05, 0) is 64.7 Å². The van der Waals surface area contributed by atoms with Gasteiger partial charge in [-0.3, -0.25) is 0 Å². The molecule has 0 fully saturated rings. The van der Waals surface area contributed by atoms with Crippen LogP contribution in [-0.4, -0.2) is 0 Å². The minimum absolute atomic E-state index is 0.803. The van der Waals surface area contributed by atoms with Crippen LogP contribution in [0.15, 0.2) is 127 Å². The van der Waals surface area contributed by atoms with Crippen LogP contribution in [0.3, 0.4) is 0 Å². The van der Waals surface area contributed by atoms with Crippen molar-refractivity contribution in [2.75, 3.05) is 0 Å². The number of thiophene rings is 1. The summed E-state index contributed by atoms with van der Waals surface area (Å²) in [6, 6.07) is 42.5. The van der Waals surface area contributed by atoms with Crippen LogP contribution in [0.1, 0.15) is 0 Å². The number of benzene rings is 6. The van der Waals surface area contributed by atoms with Gasteiger partial charge in [0, 0.05) is 30.8 Å². The summed E-state index contributed by atoms with van der Waals surface area (Å²) < 4.78 is 15.4. The summed E-state index contributed by atoms with van der Waals surface area (Å²) in [7, 11) is 0. The van der Waals surface area contributed by atoms with Gasteiger partial charge in [0.15, 0.2) is 0 Å². The highest BCUT2D eigenvalue weighted by Gasteiger charge is 2.42. The molecule has 41 heavy (non-hydrogen) atoms. The predicted molar refractivity (Wildman–Crippen MR) is 176 cm³/mol. The maximum atomic E-state index is 6.60. The van der Waals surface area contributed by atoms with E-state index >= 15 is 0 Å². The molecule has 1 unspecified atom stereocenters. The lowest BCUT2D eigenvalue weighted by Crippen LogP contribution is -2.34. The van der Waals surface area contributed by atoms with Gasteiger partial charge < -0.3 is 9.47 Å². The lowest BCUT2D eigenvalue weighted by molar-refractivity contribution is 0.466. The highest BCUT2D eigenvalue weighted by atomic mass is 32.4. The SMILES string of the molecule is S=P12c3ccccc3Oc3cccc(c31)Oc1cc(-c3ccc(-c4cccc5c4sc4ccccc45)cc3)ccc12. The van der Waals surface area contributed by atoms with Crippen LogP contribution >= 0.6 is 17.4 Å². The van der Waals surface area contributed by atoms with Crippen molar-refractivity contribution >= 4 is 65.3 Å². The van der Waals surface area contributed by atoms with Crippen molar-refractivity contribution in [1.29, 1.82) is 0 Å². The third-order valence-electron chi connectivity index (χ3n) is 8.15. The Kier molecular flexibility index (Phi) is 4.95. The fraction of sp³-hybridized carbons (Fsp3) is 0. The molecule has 6 aromatic carbocycles. The quantitative estimate of drug-likeness (QED) is 0.190. The standard InChI is InChI=1S/C36H21O2PS2/c40-39-32-13-3-2-10-28(32)37-29-11-6-12-30(35(29)39)38-31-21-24(19-20-33(31)39)22-15-17-23(18-16-22)25-8-5-9-27-26-7-1-4-14-34(26)41-36(25)27/h1-21H. The molecule has 194 valence electrons. The van der Waals surface area contributed by atoms with E-state index in [4.69, 9.17) is 21.3 Å². The number of ether oxygens (including phenoxy) is 2. The fourth-order valence-corrected chi connectivity index (χ4v) is 12.0. The maximum Gasteiger partial charge on any atom is 0.140 e. The van der Waals surface area contributed by atoms with Gasteiger partial charge in [0.2, 0.25) is 0 Å². The summed E-state index contributed by atoms with van der Waals surface area (Å²) in [6.45, 7) is 0. The number of rotatable bonds is 2. The first kappa shape index (κ1) is 23.5. The van der Waals surface area contributed by atoms with Gasteiger partial charge in [-0.25, -0.2) is 0 Å². The highest BCUT2D eigenvalue weighted by molar-refractivity contribution is 8.26. The van der Waals surface area contributed by atoms with E-state index in [0.29, 0.717) is 0 Å².